The highest BCUT2D eigenvalue weighted by Crippen LogP contribution is 2.20. The normalized spacial score (nSPS) is 12.2. The Morgan fingerprint density at radius 3 is 2.23 bits per heavy atom. The van der Waals surface area contributed by atoms with Gasteiger partial charge in [0.1, 0.15) is 12.6 Å². The Morgan fingerprint density at radius 1 is 1.06 bits per heavy atom. The maximum absolute atomic E-state index is 13.3. The van der Waals surface area contributed by atoms with E-state index in [4.69, 9.17) is 0 Å². The third-order valence-electron chi connectivity index (χ3n) is 5.16. The van der Waals surface area contributed by atoms with Gasteiger partial charge in [-0.2, -0.15) is 0 Å². The second-order valence-electron chi connectivity index (χ2n) is 7.59. The number of anilines is 1. The summed E-state index contributed by atoms with van der Waals surface area (Å²) in [6.07, 6.45) is 1.90. The molecule has 0 saturated heterocycles. The summed E-state index contributed by atoms with van der Waals surface area (Å²) in [5, 5.41) is 2.56. The van der Waals surface area contributed by atoms with Crippen LogP contribution in [0.5, 0.6) is 0 Å². The Labute approximate surface area is 185 Å². The lowest BCUT2D eigenvalue weighted by Crippen LogP contribution is -2.50. The predicted molar refractivity (Wildman–Crippen MR) is 123 cm³/mol. The van der Waals surface area contributed by atoms with Crippen LogP contribution in [0.3, 0.4) is 0 Å². The minimum absolute atomic E-state index is 0.196. The fraction of sp³-hybridized carbons (Fsp3) is 0.391. The summed E-state index contributed by atoms with van der Waals surface area (Å²) in [7, 11) is -2.21. The van der Waals surface area contributed by atoms with Crippen LogP contribution in [0.25, 0.3) is 0 Å². The van der Waals surface area contributed by atoms with Crippen molar-refractivity contribution >= 4 is 27.5 Å². The zero-order chi connectivity index (χ0) is 23.2. The number of likely N-dealkylation sites (N-methyl/N-ethyl adjacent to an activating group) is 1. The number of carbonyl (C=O) groups is 2. The van der Waals surface area contributed by atoms with E-state index in [1.807, 2.05) is 50.2 Å². The Bertz CT molecular complexity index is 1020. The summed E-state index contributed by atoms with van der Waals surface area (Å²) < 4.78 is 26.0. The highest BCUT2D eigenvalue weighted by atomic mass is 32.2. The van der Waals surface area contributed by atoms with E-state index in [9.17, 15) is 18.0 Å². The summed E-state index contributed by atoms with van der Waals surface area (Å²) >= 11 is 0. The molecule has 0 aliphatic rings. The van der Waals surface area contributed by atoms with Gasteiger partial charge in [-0.25, -0.2) is 8.42 Å². The van der Waals surface area contributed by atoms with Crippen molar-refractivity contribution in [1.29, 1.82) is 0 Å². The maximum Gasteiger partial charge on any atom is 0.244 e. The molecule has 0 fully saturated rings. The van der Waals surface area contributed by atoms with Crippen molar-refractivity contribution < 1.29 is 18.0 Å². The van der Waals surface area contributed by atoms with E-state index < -0.39 is 28.5 Å². The van der Waals surface area contributed by atoms with E-state index in [1.54, 1.807) is 19.1 Å². The second-order valence-corrected chi connectivity index (χ2v) is 9.50. The summed E-state index contributed by atoms with van der Waals surface area (Å²) in [4.78, 5) is 27.0. The van der Waals surface area contributed by atoms with Crippen LogP contribution in [0, 0.1) is 6.92 Å². The average molecular weight is 446 g/mol. The molecule has 0 aliphatic carbocycles. The number of carbonyl (C=O) groups excluding carboxylic acids is 2. The molecule has 0 saturated carbocycles. The number of nitrogens with zero attached hydrogens (tertiary/aromatic N) is 2. The first-order chi connectivity index (χ1) is 14.6. The van der Waals surface area contributed by atoms with Crippen LogP contribution >= 0.6 is 0 Å². The van der Waals surface area contributed by atoms with Crippen LogP contribution in [-0.4, -0.2) is 51.0 Å². The number of aryl methyl sites for hydroxylation is 2. The van der Waals surface area contributed by atoms with Crippen LogP contribution in [0.4, 0.5) is 5.69 Å². The SMILES string of the molecule is CCc1ccc(N(CC(=O)N(Cc2cccc(C)c2)[C@@H](C)C(=O)NC)S(C)(=O)=O)cc1. The van der Waals surface area contributed by atoms with Crippen LogP contribution < -0.4 is 9.62 Å². The second kappa shape index (κ2) is 10.4. The van der Waals surface area contributed by atoms with Crippen molar-refractivity contribution in [3.63, 3.8) is 0 Å². The number of nitrogens with one attached hydrogen (secondary N) is 1. The average Bonchev–Trinajstić information content (AvgIpc) is 2.74. The minimum Gasteiger partial charge on any atom is -0.357 e. The Hall–Kier alpha value is -2.87. The molecule has 0 spiro atoms. The predicted octanol–water partition coefficient (Wildman–Crippen LogP) is 2.49. The summed E-state index contributed by atoms with van der Waals surface area (Å²) in [6.45, 7) is 5.39. The van der Waals surface area contributed by atoms with Gasteiger partial charge in [0.25, 0.3) is 0 Å². The molecule has 8 heteroatoms. The van der Waals surface area contributed by atoms with Gasteiger partial charge in [0, 0.05) is 13.6 Å². The zero-order valence-electron chi connectivity index (χ0n) is 18.8. The lowest BCUT2D eigenvalue weighted by atomic mass is 10.1. The van der Waals surface area contributed by atoms with E-state index in [2.05, 4.69) is 5.32 Å². The van der Waals surface area contributed by atoms with Crippen molar-refractivity contribution in [1.82, 2.24) is 10.2 Å². The molecule has 168 valence electrons. The molecule has 1 N–H and O–H groups in total. The van der Waals surface area contributed by atoms with Gasteiger partial charge in [0.2, 0.25) is 21.8 Å². The van der Waals surface area contributed by atoms with Crippen molar-refractivity contribution in [2.75, 3.05) is 24.2 Å². The molecule has 0 heterocycles. The first-order valence-electron chi connectivity index (χ1n) is 10.2. The van der Waals surface area contributed by atoms with E-state index in [0.29, 0.717) is 5.69 Å². The van der Waals surface area contributed by atoms with Gasteiger partial charge in [-0.05, 0) is 43.5 Å². The molecule has 7 nitrogen and oxygen atoms in total. The van der Waals surface area contributed by atoms with Crippen LogP contribution in [0.1, 0.15) is 30.5 Å². The lowest BCUT2D eigenvalue weighted by molar-refractivity contribution is -0.139. The largest absolute Gasteiger partial charge is 0.357 e. The highest BCUT2D eigenvalue weighted by molar-refractivity contribution is 7.92. The first kappa shape index (κ1) is 24.4. The molecule has 0 unspecified atom stereocenters. The number of amides is 2. The zero-order valence-corrected chi connectivity index (χ0v) is 19.6. The highest BCUT2D eigenvalue weighted by Gasteiger charge is 2.29. The van der Waals surface area contributed by atoms with Crippen molar-refractivity contribution in [3.05, 3.63) is 65.2 Å². The van der Waals surface area contributed by atoms with Crippen LogP contribution in [-0.2, 0) is 32.6 Å². The Morgan fingerprint density at radius 2 is 1.71 bits per heavy atom. The molecule has 2 aromatic carbocycles. The van der Waals surface area contributed by atoms with E-state index in [1.165, 1.54) is 11.9 Å². The molecular weight excluding hydrogens is 414 g/mol. The molecule has 2 aromatic rings. The number of rotatable bonds is 9. The van der Waals surface area contributed by atoms with Gasteiger partial charge >= 0.3 is 0 Å². The molecule has 0 radical (unpaired) electrons. The van der Waals surface area contributed by atoms with Gasteiger partial charge < -0.3 is 10.2 Å². The third kappa shape index (κ3) is 6.55. The summed E-state index contributed by atoms with van der Waals surface area (Å²) in [5.74, 6) is -0.776. The standard InChI is InChI=1S/C23H31N3O4S/c1-6-19-10-12-21(13-11-19)26(31(5,29)30)16-22(27)25(18(3)23(28)24-4)15-20-9-7-8-17(2)14-20/h7-14,18H,6,15-16H2,1-5H3,(H,24,28)/t18-/m0/s1. The lowest BCUT2D eigenvalue weighted by Gasteiger charge is -2.31. The fourth-order valence-electron chi connectivity index (χ4n) is 3.31. The third-order valence-corrected chi connectivity index (χ3v) is 6.30. The fourth-order valence-corrected chi connectivity index (χ4v) is 4.16. The number of hydrogen-bond acceptors (Lipinski definition) is 4. The smallest absolute Gasteiger partial charge is 0.244 e. The topological polar surface area (TPSA) is 86.8 Å². The monoisotopic (exact) mass is 445 g/mol. The van der Waals surface area contributed by atoms with Gasteiger partial charge in [-0.3, -0.25) is 13.9 Å². The maximum atomic E-state index is 13.3. The van der Waals surface area contributed by atoms with Gasteiger partial charge in [-0.15, -0.1) is 0 Å². The van der Waals surface area contributed by atoms with Gasteiger partial charge in [0.05, 0.1) is 11.9 Å². The molecule has 1 atom stereocenters. The van der Waals surface area contributed by atoms with Crippen molar-refractivity contribution in [2.45, 2.75) is 39.8 Å². The molecule has 2 rings (SSSR count). The van der Waals surface area contributed by atoms with E-state index in [0.717, 1.165) is 33.7 Å². The quantitative estimate of drug-likeness (QED) is 0.642. The van der Waals surface area contributed by atoms with Crippen molar-refractivity contribution in [2.24, 2.45) is 0 Å². The number of sulfonamides is 1. The Kier molecular flexibility index (Phi) is 8.21. The van der Waals surface area contributed by atoms with Crippen LogP contribution in [0.15, 0.2) is 48.5 Å². The van der Waals surface area contributed by atoms with Gasteiger partial charge in [-0.1, -0.05) is 48.9 Å². The van der Waals surface area contributed by atoms with E-state index >= 15 is 0 Å². The summed E-state index contributed by atoms with van der Waals surface area (Å²) in [6, 6.07) is 14.0. The minimum atomic E-state index is -3.71. The molecule has 2 amide bonds. The first-order valence-corrected chi connectivity index (χ1v) is 12.0. The summed E-state index contributed by atoms with van der Waals surface area (Å²) in [5.41, 5.74) is 3.38. The molecule has 31 heavy (non-hydrogen) atoms. The Balaban J connectivity index is 2.36. The number of hydrogen-bond donors (Lipinski definition) is 1. The number of benzene rings is 2. The molecule has 0 aromatic heterocycles. The van der Waals surface area contributed by atoms with Crippen molar-refractivity contribution in [3.8, 4) is 0 Å². The molecule has 0 aliphatic heterocycles. The molecular formula is C23H31N3O4S. The van der Waals surface area contributed by atoms with Gasteiger partial charge in [0.15, 0.2) is 0 Å². The van der Waals surface area contributed by atoms with E-state index in [-0.39, 0.29) is 12.5 Å². The van der Waals surface area contributed by atoms with Crippen LogP contribution in [0.2, 0.25) is 0 Å². The molecule has 0 bridgehead atoms.